The molecular formula is C20H28N6O4. The normalized spacial score (nSPS) is 15.0. The largest absolute Gasteiger partial charge is 0.464 e. The van der Waals surface area contributed by atoms with E-state index in [0.29, 0.717) is 25.5 Å². The molecule has 10 heteroatoms. The molecule has 3 rings (SSSR count). The second kappa shape index (κ2) is 9.17. The van der Waals surface area contributed by atoms with Crippen molar-refractivity contribution in [2.75, 3.05) is 37.7 Å². The van der Waals surface area contributed by atoms with Gasteiger partial charge >= 0.3 is 11.7 Å². The van der Waals surface area contributed by atoms with Gasteiger partial charge in [-0.2, -0.15) is 4.98 Å². The maximum absolute atomic E-state index is 13.1. The van der Waals surface area contributed by atoms with E-state index in [1.54, 1.807) is 25.3 Å². The Morgan fingerprint density at radius 1 is 1.27 bits per heavy atom. The molecule has 162 valence electrons. The summed E-state index contributed by atoms with van der Waals surface area (Å²) in [7, 11) is 1.41. The van der Waals surface area contributed by atoms with Crippen molar-refractivity contribution < 1.29 is 9.53 Å². The summed E-state index contributed by atoms with van der Waals surface area (Å²) in [6.45, 7) is 8.69. The fraction of sp³-hybridized carbons (Fsp3) is 0.600. The van der Waals surface area contributed by atoms with Crippen LogP contribution in [0.4, 0.5) is 5.95 Å². The van der Waals surface area contributed by atoms with Crippen LogP contribution in [-0.2, 0) is 23.1 Å². The Kier molecular flexibility index (Phi) is 6.62. The molecule has 10 nitrogen and oxygen atoms in total. The van der Waals surface area contributed by atoms with Gasteiger partial charge in [-0.1, -0.05) is 12.8 Å². The Labute approximate surface area is 174 Å². The number of aromatic nitrogens is 4. The van der Waals surface area contributed by atoms with Gasteiger partial charge in [0.2, 0.25) is 5.95 Å². The molecule has 2 aromatic heterocycles. The van der Waals surface area contributed by atoms with Crippen molar-refractivity contribution in [3.63, 3.8) is 0 Å². The molecule has 0 aromatic carbocycles. The fourth-order valence-electron chi connectivity index (χ4n) is 3.69. The van der Waals surface area contributed by atoms with Crippen LogP contribution in [0.2, 0.25) is 0 Å². The molecule has 1 unspecified atom stereocenters. The summed E-state index contributed by atoms with van der Waals surface area (Å²) < 4.78 is 9.23. The van der Waals surface area contributed by atoms with Gasteiger partial charge in [0, 0.05) is 33.2 Å². The number of rotatable bonds is 6. The number of piperazine rings is 1. The van der Waals surface area contributed by atoms with Crippen LogP contribution in [0.5, 0.6) is 0 Å². The highest BCUT2D eigenvalue weighted by molar-refractivity contribution is 5.80. The first-order chi connectivity index (χ1) is 14.5. The molecule has 0 spiro atoms. The van der Waals surface area contributed by atoms with Gasteiger partial charge in [0.25, 0.3) is 5.56 Å². The van der Waals surface area contributed by atoms with Crippen LogP contribution in [0.25, 0.3) is 11.2 Å². The summed E-state index contributed by atoms with van der Waals surface area (Å²) in [6.07, 6.45) is 0.330. The van der Waals surface area contributed by atoms with Gasteiger partial charge in [-0.25, -0.2) is 9.59 Å². The van der Waals surface area contributed by atoms with Crippen LogP contribution in [0, 0.1) is 11.8 Å². The number of carbonyl (C=O) groups excluding carboxylic acids is 1. The highest BCUT2D eigenvalue weighted by Gasteiger charge is 2.30. The molecule has 3 heterocycles. The molecule has 1 saturated heterocycles. The summed E-state index contributed by atoms with van der Waals surface area (Å²) >= 11 is 0. The lowest BCUT2D eigenvalue weighted by molar-refractivity contribution is -0.147. The Bertz CT molecular complexity index is 1110. The van der Waals surface area contributed by atoms with E-state index in [4.69, 9.17) is 9.72 Å². The van der Waals surface area contributed by atoms with Crippen LogP contribution in [0.1, 0.15) is 33.2 Å². The molecule has 0 bridgehead atoms. The van der Waals surface area contributed by atoms with E-state index in [1.165, 1.54) is 11.6 Å². The SMILES string of the molecule is CC#CCn1c(N2CCNCC2)nc2c1c(=O)n(C)c(=O)n2C(CC)C(=O)OCC. The Morgan fingerprint density at radius 3 is 2.57 bits per heavy atom. The minimum absolute atomic E-state index is 0.189. The van der Waals surface area contributed by atoms with Crippen LogP contribution in [-0.4, -0.2) is 57.4 Å². The van der Waals surface area contributed by atoms with E-state index in [0.717, 1.165) is 17.7 Å². The number of fused-ring (bicyclic) bond motifs is 1. The Hall–Kier alpha value is -3.06. The van der Waals surface area contributed by atoms with Crippen LogP contribution in [0.3, 0.4) is 0 Å². The highest BCUT2D eigenvalue weighted by Crippen LogP contribution is 2.23. The monoisotopic (exact) mass is 416 g/mol. The topological polar surface area (TPSA) is 103 Å². The maximum atomic E-state index is 13.1. The van der Waals surface area contributed by atoms with Crippen molar-refractivity contribution in [2.24, 2.45) is 7.05 Å². The third kappa shape index (κ3) is 3.73. The second-order valence-electron chi connectivity index (χ2n) is 7.03. The predicted octanol–water partition coefficient (Wildman–Crippen LogP) is -0.156. The molecule has 1 N–H and O–H groups in total. The third-order valence-corrected chi connectivity index (χ3v) is 5.23. The van der Waals surface area contributed by atoms with E-state index in [2.05, 4.69) is 22.1 Å². The predicted molar refractivity (Wildman–Crippen MR) is 114 cm³/mol. The molecule has 1 fully saturated rings. The standard InChI is InChI=1S/C20H28N6O4/c1-5-8-11-25-15-16(22-19(25)24-12-9-21-10-13-24)26(20(29)23(4)17(15)27)14(6-2)18(28)30-7-3/h14,21H,6-7,9-13H2,1-4H3. The lowest BCUT2D eigenvalue weighted by atomic mass is 10.2. The quantitative estimate of drug-likeness (QED) is 0.516. The number of nitrogens with one attached hydrogen (secondary N) is 1. The average Bonchev–Trinajstić information content (AvgIpc) is 3.13. The van der Waals surface area contributed by atoms with Gasteiger partial charge in [-0.3, -0.25) is 18.5 Å². The zero-order valence-corrected chi connectivity index (χ0v) is 17.9. The summed E-state index contributed by atoms with van der Waals surface area (Å²) in [5, 5.41) is 3.29. The maximum Gasteiger partial charge on any atom is 0.333 e. The van der Waals surface area contributed by atoms with Crippen LogP contribution < -0.4 is 21.5 Å². The molecule has 0 amide bonds. The van der Waals surface area contributed by atoms with Gasteiger partial charge in [0.1, 0.15) is 6.04 Å². The smallest absolute Gasteiger partial charge is 0.333 e. The number of esters is 1. The van der Waals surface area contributed by atoms with E-state index in [9.17, 15) is 14.4 Å². The number of nitrogens with zero attached hydrogens (tertiary/aromatic N) is 5. The zero-order valence-electron chi connectivity index (χ0n) is 17.9. The fourth-order valence-corrected chi connectivity index (χ4v) is 3.69. The number of hydrogen-bond donors (Lipinski definition) is 1. The van der Waals surface area contributed by atoms with Crippen molar-refractivity contribution in [1.82, 2.24) is 24.0 Å². The van der Waals surface area contributed by atoms with Crippen molar-refractivity contribution in [1.29, 1.82) is 0 Å². The van der Waals surface area contributed by atoms with Crippen LogP contribution >= 0.6 is 0 Å². The lowest BCUT2D eigenvalue weighted by Gasteiger charge is -2.28. The summed E-state index contributed by atoms with van der Waals surface area (Å²) in [5.41, 5.74) is -0.604. The summed E-state index contributed by atoms with van der Waals surface area (Å²) in [5.74, 6) is 5.90. The molecule has 0 aliphatic carbocycles. The van der Waals surface area contributed by atoms with Gasteiger partial charge < -0.3 is 15.0 Å². The molecule has 0 saturated carbocycles. The first kappa shape index (κ1) is 21.6. The van der Waals surface area contributed by atoms with Crippen molar-refractivity contribution >= 4 is 23.1 Å². The Morgan fingerprint density at radius 2 is 1.97 bits per heavy atom. The molecule has 1 aliphatic heterocycles. The van der Waals surface area contributed by atoms with Gasteiger partial charge in [0.05, 0.1) is 13.2 Å². The average molecular weight is 416 g/mol. The minimum atomic E-state index is -0.872. The first-order valence-electron chi connectivity index (χ1n) is 10.2. The molecule has 1 aliphatic rings. The molecule has 30 heavy (non-hydrogen) atoms. The number of anilines is 1. The number of carbonyl (C=O) groups is 1. The van der Waals surface area contributed by atoms with Crippen molar-refractivity contribution in [3.05, 3.63) is 20.8 Å². The van der Waals surface area contributed by atoms with E-state index in [1.807, 2.05) is 0 Å². The second-order valence-corrected chi connectivity index (χ2v) is 7.03. The molecule has 1 atom stereocenters. The van der Waals surface area contributed by atoms with Gasteiger partial charge in [-0.15, -0.1) is 5.92 Å². The van der Waals surface area contributed by atoms with Crippen molar-refractivity contribution in [3.8, 4) is 11.8 Å². The lowest BCUT2D eigenvalue weighted by Crippen LogP contribution is -2.44. The van der Waals surface area contributed by atoms with Gasteiger partial charge in [-0.05, 0) is 20.3 Å². The molecular weight excluding hydrogens is 388 g/mol. The number of ether oxygens (including phenoxy) is 1. The molecule has 2 aromatic rings. The minimum Gasteiger partial charge on any atom is -0.464 e. The molecule has 0 radical (unpaired) electrons. The van der Waals surface area contributed by atoms with Crippen LogP contribution in [0.15, 0.2) is 9.59 Å². The first-order valence-corrected chi connectivity index (χ1v) is 10.2. The number of hydrogen-bond acceptors (Lipinski definition) is 7. The summed E-state index contributed by atoms with van der Waals surface area (Å²) in [6, 6.07) is -0.872. The Balaban J connectivity index is 2.35. The number of imidazole rings is 1. The van der Waals surface area contributed by atoms with E-state index in [-0.39, 0.29) is 24.3 Å². The summed E-state index contributed by atoms with van der Waals surface area (Å²) in [4.78, 5) is 45.5. The third-order valence-electron chi connectivity index (χ3n) is 5.23. The highest BCUT2D eigenvalue weighted by atomic mass is 16.5. The van der Waals surface area contributed by atoms with Crippen molar-refractivity contribution in [2.45, 2.75) is 39.8 Å². The van der Waals surface area contributed by atoms with E-state index < -0.39 is 23.3 Å². The van der Waals surface area contributed by atoms with Gasteiger partial charge in [0.15, 0.2) is 11.2 Å². The van der Waals surface area contributed by atoms with E-state index >= 15 is 0 Å². The zero-order chi connectivity index (χ0) is 21.8.